The van der Waals surface area contributed by atoms with Crippen molar-refractivity contribution in [3.05, 3.63) is 74.4 Å². The fourth-order valence-electron chi connectivity index (χ4n) is 2.35. The van der Waals surface area contributed by atoms with Gasteiger partial charge < -0.3 is 15.0 Å². The molecule has 0 amide bonds. The van der Waals surface area contributed by atoms with Gasteiger partial charge in [0.1, 0.15) is 11.6 Å². The summed E-state index contributed by atoms with van der Waals surface area (Å²) in [6, 6.07) is 9.75. The van der Waals surface area contributed by atoms with Crippen molar-refractivity contribution in [2.75, 3.05) is 7.11 Å². The van der Waals surface area contributed by atoms with Gasteiger partial charge in [-0.3, -0.25) is 0 Å². The molecule has 2 aromatic carbocycles. The van der Waals surface area contributed by atoms with Crippen molar-refractivity contribution < 1.29 is 18.6 Å². The minimum Gasteiger partial charge on any atom is -0.466 e. The molecule has 0 bridgehead atoms. The molecule has 2 rings (SSSR count). The maximum atomic E-state index is 13.8. The minimum atomic E-state index is -3.93. The van der Waals surface area contributed by atoms with Gasteiger partial charge in [-0.05, 0) is 37.6 Å². The average Bonchev–Trinajstić information content (AvgIpc) is 2.65. The van der Waals surface area contributed by atoms with Crippen LogP contribution in [-0.4, -0.2) is 18.9 Å². The number of ether oxygens (including phenoxy) is 1. The molecule has 1 unspecified atom stereocenters. The van der Waals surface area contributed by atoms with Gasteiger partial charge in [0.25, 0.3) is 0 Å². The molecular formula is C19H18Cl3N2O4P. The summed E-state index contributed by atoms with van der Waals surface area (Å²) in [5.74, 6) is -0.734. The maximum Gasteiger partial charge on any atom is 0.394 e. The Morgan fingerprint density at radius 1 is 1.17 bits per heavy atom. The highest BCUT2D eigenvalue weighted by molar-refractivity contribution is 7.66. The van der Waals surface area contributed by atoms with Gasteiger partial charge in [-0.1, -0.05) is 53.0 Å². The molecule has 10 heteroatoms. The molecule has 0 fully saturated rings. The third-order valence-electron chi connectivity index (χ3n) is 3.73. The lowest BCUT2D eigenvalue weighted by Crippen LogP contribution is -2.17. The van der Waals surface area contributed by atoms with Crippen LogP contribution in [0.1, 0.15) is 18.1 Å². The summed E-state index contributed by atoms with van der Waals surface area (Å²) in [5.41, 5.74) is 7.07. The van der Waals surface area contributed by atoms with E-state index in [2.05, 4.69) is 9.50 Å². The summed E-state index contributed by atoms with van der Waals surface area (Å²) < 4.78 is 28.1. The summed E-state index contributed by atoms with van der Waals surface area (Å²) in [7, 11) is -2.71. The Morgan fingerprint density at radius 2 is 1.76 bits per heavy atom. The van der Waals surface area contributed by atoms with Crippen molar-refractivity contribution in [3.8, 4) is 0 Å². The van der Waals surface area contributed by atoms with Crippen LogP contribution in [0.4, 0.5) is 0 Å². The quantitative estimate of drug-likeness (QED) is 0.117. The van der Waals surface area contributed by atoms with Gasteiger partial charge >= 0.3 is 13.5 Å². The molecule has 0 aliphatic rings. The number of amidine groups is 1. The van der Waals surface area contributed by atoms with Crippen molar-refractivity contribution >= 4 is 59.4 Å². The third kappa shape index (κ3) is 5.77. The first kappa shape index (κ1) is 23.3. The Bertz CT molecular complexity index is 1030. The van der Waals surface area contributed by atoms with Crippen LogP contribution in [-0.2, 0) is 18.6 Å². The molecule has 2 N–H and O–H groups in total. The largest absolute Gasteiger partial charge is 0.466 e. The number of methoxy groups -OCH3 is 1. The Kier molecular flexibility index (Phi) is 7.78. The molecular weight excluding hydrogens is 458 g/mol. The molecule has 0 spiro atoms. The molecule has 0 radical (unpaired) electrons. The van der Waals surface area contributed by atoms with Crippen molar-refractivity contribution in [3.63, 3.8) is 0 Å². The van der Waals surface area contributed by atoms with E-state index >= 15 is 0 Å². The number of hydrogen-bond donors (Lipinski definition) is 1. The number of rotatable bonds is 6. The molecule has 0 aromatic heterocycles. The molecule has 0 saturated carbocycles. The monoisotopic (exact) mass is 474 g/mol. The summed E-state index contributed by atoms with van der Waals surface area (Å²) in [5, 5.41) is 0.827. The molecule has 29 heavy (non-hydrogen) atoms. The number of aryl methyl sites for hydroxylation is 1. The minimum absolute atomic E-state index is 0.0483. The normalized spacial score (nSPS) is 14.3. The first-order chi connectivity index (χ1) is 13.6. The number of hydrogen-bond acceptors (Lipinski definition) is 4. The lowest BCUT2D eigenvalue weighted by Gasteiger charge is -2.18. The first-order valence-electron chi connectivity index (χ1n) is 8.20. The molecule has 1 atom stereocenters. The number of halogens is 3. The molecule has 0 aliphatic carbocycles. The molecule has 0 aliphatic heterocycles. The number of esters is 1. The van der Waals surface area contributed by atoms with Crippen LogP contribution in [0.2, 0.25) is 15.1 Å². The summed E-state index contributed by atoms with van der Waals surface area (Å²) in [4.78, 5) is 11.5. The van der Waals surface area contributed by atoms with Crippen LogP contribution in [0.25, 0.3) is 0 Å². The fourth-order valence-corrected chi connectivity index (χ4v) is 4.83. The van der Waals surface area contributed by atoms with E-state index in [0.29, 0.717) is 16.4 Å². The number of benzene rings is 2. The third-order valence-corrected chi connectivity index (χ3v) is 7.05. The van der Waals surface area contributed by atoms with Crippen molar-refractivity contribution in [1.29, 1.82) is 0 Å². The number of carbonyl (C=O) groups is 1. The van der Waals surface area contributed by atoms with E-state index in [1.165, 1.54) is 26.2 Å². The van der Waals surface area contributed by atoms with Gasteiger partial charge in [0, 0.05) is 5.56 Å². The van der Waals surface area contributed by atoms with Crippen molar-refractivity contribution in [1.82, 2.24) is 0 Å². The topological polar surface area (TPSA) is 91.0 Å². The van der Waals surface area contributed by atoms with E-state index in [4.69, 9.17) is 45.1 Å². The highest BCUT2D eigenvalue weighted by atomic mass is 35.5. The van der Waals surface area contributed by atoms with E-state index < -0.39 is 13.5 Å². The summed E-state index contributed by atoms with van der Waals surface area (Å²) in [6.45, 7) is 3.22. The maximum absolute atomic E-state index is 13.8. The average molecular weight is 476 g/mol. The zero-order valence-electron chi connectivity index (χ0n) is 15.8. The SMILES string of the molecule is COC(=O)C=C(C)OP(=O)(N=C(N)c1cc(Cl)c(Cl)c(Cl)c1)c1ccccc1C. The second-order valence-corrected chi connectivity index (χ2v) is 9.01. The predicted molar refractivity (Wildman–Crippen MR) is 117 cm³/mol. The summed E-state index contributed by atoms with van der Waals surface area (Å²) >= 11 is 18.1. The molecule has 6 nitrogen and oxygen atoms in total. The molecule has 2 aromatic rings. The highest BCUT2D eigenvalue weighted by Gasteiger charge is 2.30. The zero-order valence-corrected chi connectivity index (χ0v) is 18.9. The van der Waals surface area contributed by atoms with E-state index in [1.807, 2.05) is 0 Å². The second kappa shape index (κ2) is 9.68. The Morgan fingerprint density at radius 3 is 2.31 bits per heavy atom. The number of allylic oxidation sites excluding steroid dienone is 1. The van der Waals surface area contributed by atoms with E-state index in [0.717, 1.165) is 6.08 Å². The van der Waals surface area contributed by atoms with Gasteiger partial charge in [-0.2, -0.15) is 4.76 Å². The number of carbonyl (C=O) groups excluding carboxylic acids is 1. The molecule has 0 heterocycles. The smallest absolute Gasteiger partial charge is 0.394 e. The van der Waals surface area contributed by atoms with Crippen molar-refractivity contribution in [2.45, 2.75) is 13.8 Å². The van der Waals surface area contributed by atoms with Crippen LogP contribution in [0, 0.1) is 6.92 Å². The zero-order chi connectivity index (χ0) is 21.8. The Hall–Kier alpha value is -1.98. The Balaban J connectivity index is 2.60. The highest BCUT2D eigenvalue weighted by Crippen LogP contribution is 2.50. The van der Waals surface area contributed by atoms with Crippen LogP contribution >= 0.6 is 42.3 Å². The fraction of sp³-hybridized carbons (Fsp3) is 0.158. The second-order valence-electron chi connectivity index (χ2n) is 5.92. The predicted octanol–water partition coefficient (Wildman–Crippen LogP) is 5.27. The van der Waals surface area contributed by atoms with E-state index in [-0.39, 0.29) is 26.7 Å². The Labute approximate surface area is 183 Å². The van der Waals surface area contributed by atoms with Crippen LogP contribution in [0.15, 0.2) is 53.0 Å². The number of nitrogens with zero attached hydrogens (tertiary/aromatic N) is 1. The van der Waals surface area contributed by atoms with Crippen LogP contribution in [0.3, 0.4) is 0 Å². The van der Waals surface area contributed by atoms with Gasteiger partial charge in [0.2, 0.25) is 0 Å². The standard InChI is InChI=1S/C19H18Cl3N2O4P/c1-11-6-4-5-7-16(11)29(26,28-12(2)8-17(25)27-3)24-19(23)13-9-14(20)18(22)15(21)10-13/h4-10H,1-3H3,(H2,23,24,26). The summed E-state index contributed by atoms with van der Waals surface area (Å²) in [6.07, 6.45) is 1.06. The van der Waals surface area contributed by atoms with Gasteiger partial charge in [-0.15, -0.1) is 0 Å². The van der Waals surface area contributed by atoms with Gasteiger partial charge in [0.15, 0.2) is 0 Å². The van der Waals surface area contributed by atoms with Crippen LogP contribution in [0.5, 0.6) is 0 Å². The lowest BCUT2D eigenvalue weighted by molar-refractivity contribution is -0.135. The number of nitrogens with two attached hydrogens (primary N) is 1. The molecule has 154 valence electrons. The van der Waals surface area contributed by atoms with Gasteiger partial charge in [-0.25, -0.2) is 9.36 Å². The first-order valence-corrected chi connectivity index (χ1v) is 10.9. The van der Waals surface area contributed by atoms with Gasteiger partial charge in [0.05, 0.1) is 33.6 Å². The van der Waals surface area contributed by atoms with Crippen molar-refractivity contribution in [2.24, 2.45) is 10.5 Å². The van der Waals surface area contributed by atoms with E-state index in [9.17, 15) is 9.36 Å². The van der Waals surface area contributed by atoms with E-state index in [1.54, 1.807) is 31.2 Å². The lowest BCUT2D eigenvalue weighted by atomic mass is 10.2. The molecule has 0 saturated heterocycles. The van der Waals surface area contributed by atoms with Crippen LogP contribution < -0.4 is 11.0 Å².